The molecule has 0 amide bonds. The number of anilines is 1. The van der Waals surface area contributed by atoms with Crippen molar-refractivity contribution in [2.45, 2.75) is 19.9 Å². The van der Waals surface area contributed by atoms with E-state index in [1.807, 2.05) is 13.1 Å². The van der Waals surface area contributed by atoms with E-state index in [1.165, 1.54) is 12.1 Å². The SMILES string of the molecule is CCn1cc(-c2cc(N)cc(C(F)F)c2)cn1. The van der Waals surface area contributed by atoms with Crippen LogP contribution in [0.3, 0.4) is 0 Å². The highest BCUT2D eigenvalue weighted by molar-refractivity contribution is 5.67. The Morgan fingerprint density at radius 1 is 1.29 bits per heavy atom. The molecule has 2 rings (SSSR count). The number of benzene rings is 1. The highest BCUT2D eigenvalue weighted by Gasteiger charge is 2.10. The number of hydrogen-bond donors (Lipinski definition) is 1. The molecule has 2 N–H and O–H groups in total. The minimum atomic E-state index is -2.52. The average Bonchev–Trinajstić information content (AvgIpc) is 2.76. The van der Waals surface area contributed by atoms with E-state index in [1.54, 1.807) is 16.9 Å². The summed E-state index contributed by atoms with van der Waals surface area (Å²) in [5.74, 6) is 0. The first-order chi connectivity index (χ1) is 8.10. The lowest BCUT2D eigenvalue weighted by atomic mass is 10.1. The molecular weight excluding hydrogens is 224 g/mol. The Hall–Kier alpha value is -1.91. The van der Waals surface area contributed by atoms with Gasteiger partial charge in [0.05, 0.1) is 6.20 Å². The molecule has 17 heavy (non-hydrogen) atoms. The molecule has 0 radical (unpaired) electrons. The van der Waals surface area contributed by atoms with Gasteiger partial charge in [-0.3, -0.25) is 4.68 Å². The van der Waals surface area contributed by atoms with Gasteiger partial charge in [-0.1, -0.05) is 0 Å². The Morgan fingerprint density at radius 2 is 2.06 bits per heavy atom. The Kier molecular flexibility index (Phi) is 3.08. The first-order valence-electron chi connectivity index (χ1n) is 5.31. The van der Waals surface area contributed by atoms with Crippen molar-refractivity contribution in [1.82, 2.24) is 9.78 Å². The Balaban J connectivity index is 2.44. The van der Waals surface area contributed by atoms with Crippen molar-refractivity contribution in [3.8, 4) is 11.1 Å². The number of rotatable bonds is 3. The van der Waals surface area contributed by atoms with Gasteiger partial charge in [-0.25, -0.2) is 8.78 Å². The van der Waals surface area contributed by atoms with E-state index >= 15 is 0 Å². The molecule has 1 heterocycles. The van der Waals surface area contributed by atoms with Crippen LogP contribution >= 0.6 is 0 Å². The fraction of sp³-hybridized carbons (Fsp3) is 0.250. The summed E-state index contributed by atoms with van der Waals surface area (Å²) < 4.78 is 27.0. The van der Waals surface area contributed by atoms with Gasteiger partial charge in [0.25, 0.3) is 6.43 Å². The molecule has 0 fully saturated rings. The molecule has 90 valence electrons. The lowest BCUT2D eigenvalue weighted by Crippen LogP contribution is -1.93. The van der Waals surface area contributed by atoms with Crippen LogP contribution in [0.25, 0.3) is 11.1 Å². The zero-order valence-electron chi connectivity index (χ0n) is 9.40. The van der Waals surface area contributed by atoms with E-state index < -0.39 is 6.43 Å². The van der Waals surface area contributed by atoms with E-state index in [-0.39, 0.29) is 5.56 Å². The molecule has 0 bridgehead atoms. The van der Waals surface area contributed by atoms with Gasteiger partial charge in [-0.05, 0) is 30.7 Å². The minimum Gasteiger partial charge on any atom is -0.399 e. The van der Waals surface area contributed by atoms with Crippen molar-refractivity contribution >= 4 is 5.69 Å². The molecule has 0 saturated heterocycles. The predicted octanol–water partition coefficient (Wildman–Crippen LogP) is 3.09. The Bertz CT molecular complexity index is 520. The normalized spacial score (nSPS) is 11.1. The monoisotopic (exact) mass is 237 g/mol. The fourth-order valence-corrected chi connectivity index (χ4v) is 1.65. The van der Waals surface area contributed by atoms with E-state index in [0.717, 1.165) is 12.1 Å². The van der Waals surface area contributed by atoms with Crippen LogP contribution in [-0.2, 0) is 6.54 Å². The molecule has 3 nitrogen and oxygen atoms in total. The number of aromatic nitrogens is 2. The lowest BCUT2D eigenvalue weighted by Gasteiger charge is -2.05. The third-order valence-electron chi connectivity index (χ3n) is 2.52. The zero-order valence-corrected chi connectivity index (χ0v) is 9.40. The van der Waals surface area contributed by atoms with Gasteiger partial charge in [0.15, 0.2) is 0 Å². The van der Waals surface area contributed by atoms with Gasteiger partial charge in [-0.2, -0.15) is 5.10 Å². The number of nitrogens with two attached hydrogens (primary N) is 1. The highest BCUT2D eigenvalue weighted by Crippen LogP contribution is 2.28. The van der Waals surface area contributed by atoms with Gasteiger partial charge < -0.3 is 5.73 Å². The summed E-state index contributed by atoms with van der Waals surface area (Å²) in [4.78, 5) is 0. The first-order valence-corrected chi connectivity index (χ1v) is 5.31. The predicted molar refractivity (Wildman–Crippen MR) is 62.7 cm³/mol. The van der Waals surface area contributed by atoms with Crippen molar-refractivity contribution < 1.29 is 8.78 Å². The van der Waals surface area contributed by atoms with Crippen LogP contribution in [-0.4, -0.2) is 9.78 Å². The number of hydrogen-bond acceptors (Lipinski definition) is 2. The Morgan fingerprint density at radius 3 is 2.65 bits per heavy atom. The third-order valence-corrected chi connectivity index (χ3v) is 2.52. The molecule has 5 heteroatoms. The highest BCUT2D eigenvalue weighted by atomic mass is 19.3. The first kappa shape index (κ1) is 11.6. The summed E-state index contributed by atoms with van der Waals surface area (Å²) >= 11 is 0. The number of nitrogen functional groups attached to an aromatic ring is 1. The van der Waals surface area contributed by atoms with Gasteiger partial charge in [0, 0.05) is 29.6 Å². The summed E-state index contributed by atoms with van der Waals surface area (Å²) in [6.07, 6.45) is 0.941. The van der Waals surface area contributed by atoms with E-state index in [4.69, 9.17) is 5.73 Å². The van der Waals surface area contributed by atoms with Crippen LogP contribution in [0.15, 0.2) is 30.6 Å². The third kappa shape index (κ3) is 2.43. The van der Waals surface area contributed by atoms with Crippen molar-refractivity contribution in [1.29, 1.82) is 0 Å². The van der Waals surface area contributed by atoms with E-state index in [0.29, 0.717) is 11.3 Å². The molecule has 2 aromatic rings. The summed E-state index contributed by atoms with van der Waals surface area (Å²) in [7, 11) is 0. The number of aryl methyl sites for hydroxylation is 1. The molecule has 0 unspecified atom stereocenters. The van der Waals surface area contributed by atoms with Crippen LogP contribution in [0, 0.1) is 0 Å². The van der Waals surface area contributed by atoms with E-state index in [2.05, 4.69) is 5.10 Å². The van der Waals surface area contributed by atoms with Crippen molar-refractivity contribution in [2.75, 3.05) is 5.73 Å². The van der Waals surface area contributed by atoms with Gasteiger partial charge in [0.1, 0.15) is 0 Å². The van der Waals surface area contributed by atoms with Crippen LogP contribution in [0.4, 0.5) is 14.5 Å². The fourth-order valence-electron chi connectivity index (χ4n) is 1.65. The summed E-state index contributed by atoms with van der Waals surface area (Å²) in [5.41, 5.74) is 7.34. The number of nitrogens with zero attached hydrogens (tertiary/aromatic N) is 2. The second-order valence-corrected chi connectivity index (χ2v) is 3.77. The van der Waals surface area contributed by atoms with Gasteiger partial charge in [0.2, 0.25) is 0 Å². The molecule has 0 aliphatic heterocycles. The van der Waals surface area contributed by atoms with Crippen LogP contribution in [0.5, 0.6) is 0 Å². The minimum absolute atomic E-state index is 0.0655. The summed E-state index contributed by atoms with van der Waals surface area (Å²) in [6.45, 7) is 2.70. The second kappa shape index (κ2) is 4.53. The van der Waals surface area contributed by atoms with E-state index in [9.17, 15) is 8.78 Å². The molecule has 0 atom stereocenters. The lowest BCUT2D eigenvalue weighted by molar-refractivity contribution is 0.151. The van der Waals surface area contributed by atoms with Crippen LogP contribution in [0.1, 0.15) is 18.9 Å². The maximum absolute atomic E-state index is 12.6. The smallest absolute Gasteiger partial charge is 0.263 e. The molecule has 0 saturated carbocycles. The molecular formula is C12H13F2N3. The number of halogens is 2. The van der Waals surface area contributed by atoms with Crippen molar-refractivity contribution in [3.63, 3.8) is 0 Å². The molecule has 1 aromatic carbocycles. The van der Waals surface area contributed by atoms with Crippen LogP contribution in [0.2, 0.25) is 0 Å². The average molecular weight is 237 g/mol. The maximum atomic E-state index is 12.6. The topological polar surface area (TPSA) is 43.8 Å². The van der Waals surface area contributed by atoms with Gasteiger partial charge >= 0.3 is 0 Å². The second-order valence-electron chi connectivity index (χ2n) is 3.77. The quantitative estimate of drug-likeness (QED) is 0.833. The molecule has 0 aliphatic rings. The van der Waals surface area contributed by atoms with Gasteiger partial charge in [-0.15, -0.1) is 0 Å². The molecule has 0 spiro atoms. The zero-order chi connectivity index (χ0) is 12.4. The molecule has 0 aliphatic carbocycles. The van der Waals surface area contributed by atoms with Crippen LogP contribution < -0.4 is 5.73 Å². The van der Waals surface area contributed by atoms with Crippen molar-refractivity contribution in [3.05, 3.63) is 36.2 Å². The molecule has 1 aromatic heterocycles. The summed E-state index contributed by atoms with van der Waals surface area (Å²) in [5, 5.41) is 4.10. The Labute approximate surface area is 97.9 Å². The standard InChI is InChI=1S/C12H13F2N3/c1-2-17-7-10(6-16-17)8-3-9(12(13)14)5-11(15)4-8/h3-7,12H,2,15H2,1H3. The summed E-state index contributed by atoms with van der Waals surface area (Å²) in [6, 6.07) is 4.40. The maximum Gasteiger partial charge on any atom is 0.263 e. The number of alkyl halides is 2. The van der Waals surface area contributed by atoms with Crippen molar-refractivity contribution in [2.24, 2.45) is 0 Å². The largest absolute Gasteiger partial charge is 0.399 e.